The Morgan fingerprint density at radius 1 is 1.26 bits per heavy atom. The molecule has 0 aliphatic carbocycles. The fourth-order valence-electron chi connectivity index (χ4n) is 3.31. The normalized spacial score (nSPS) is 27.0. The van der Waals surface area contributed by atoms with Crippen molar-refractivity contribution in [2.24, 2.45) is 0 Å². The molecule has 0 saturated carbocycles. The van der Waals surface area contributed by atoms with Crippen LogP contribution < -0.4 is 5.32 Å². The van der Waals surface area contributed by atoms with Gasteiger partial charge in [0.2, 0.25) is 0 Å². The van der Waals surface area contributed by atoms with Crippen molar-refractivity contribution < 1.29 is 4.79 Å². The number of hydrogen-bond acceptors (Lipinski definition) is 3. The summed E-state index contributed by atoms with van der Waals surface area (Å²) in [5.41, 5.74) is 0.710. The zero-order valence-corrected chi connectivity index (χ0v) is 11.9. The SMILES string of the molecule is O=C(NC1CCN2CCCCC12)c1cccc(S)c1. The van der Waals surface area contributed by atoms with E-state index < -0.39 is 0 Å². The molecular formula is C15H20N2OS. The molecule has 102 valence electrons. The molecule has 1 N–H and O–H groups in total. The van der Waals surface area contributed by atoms with Crippen LogP contribution in [0.4, 0.5) is 0 Å². The average molecular weight is 276 g/mol. The van der Waals surface area contributed by atoms with Gasteiger partial charge in [-0.05, 0) is 44.0 Å². The molecule has 1 aromatic rings. The molecule has 2 unspecified atom stereocenters. The van der Waals surface area contributed by atoms with E-state index in [0.717, 1.165) is 17.9 Å². The topological polar surface area (TPSA) is 32.3 Å². The van der Waals surface area contributed by atoms with Crippen LogP contribution in [0.25, 0.3) is 0 Å². The number of fused-ring (bicyclic) bond motifs is 1. The molecule has 0 spiro atoms. The predicted molar refractivity (Wildman–Crippen MR) is 78.8 cm³/mol. The highest BCUT2D eigenvalue weighted by Gasteiger charge is 2.36. The molecule has 2 fully saturated rings. The van der Waals surface area contributed by atoms with Crippen molar-refractivity contribution in [1.29, 1.82) is 0 Å². The molecule has 3 rings (SSSR count). The van der Waals surface area contributed by atoms with E-state index in [9.17, 15) is 4.79 Å². The zero-order valence-electron chi connectivity index (χ0n) is 11.0. The van der Waals surface area contributed by atoms with Crippen LogP contribution in [0.3, 0.4) is 0 Å². The van der Waals surface area contributed by atoms with Crippen molar-refractivity contribution in [3.05, 3.63) is 29.8 Å². The van der Waals surface area contributed by atoms with Crippen molar-refractivity contribution in [1.82, 2.24) is 10.2 Å². The van der Waals surface area contributed by atoms with Gasteiger partial charge in [-0.3, -0.25) is 9.69 Å². The lowest BCUT2D eigenvalue weighted by Crippen LogP contribution is -2.46. The Morgan fingerprint density at radius 2 is 2.16 bits per heavy atom. The van der Waals surface area contributed by atoms with Crippen molar-refractivity contribution in [2.75, 3.05) is 13.1 Å². The van der Waals surface area contributed by atoms with Gasteiger partial charge in [0.1, 0.15) is 0 Å². The minimum absolute atomic E-state index is 0.0355. The fraction of sp³-hybridized carbons (Fsp3) is 0.533. The van der Waals surface area contributed by atoms with Crippen molar-refractivity contribution in [3.8, 4) is 0 Å². The van der Waals surface area contributed by atoms with Crippen LogP contribution in [0.1, 0.15) is 36.0 Å². The summed E-state index contributed by atoms with van der Waals surface area (Å²) < 4.78 is 0. The van der Waals surface area contributed by atoms with Gasteiger partial charge in [-0.1, -0.05) is 12.5 Å². The summed E-state index contributed by atoms with van der Waals surface area (Å²) in [4.78, 5) is 15.6. The third kappa shape index (κ3) is 2.79. The maximum atomic E-state index is 12.3. The van der Waals surface area contributed by atoms with Gasteiger partial charge in [-0.25, -0.2) is 0 Å². The van der Waals surface area contributed by atoms with Gasteiger partial charge in [0.15, 0.2) is 0 Å². The Morgan fingerprint density at radius 3 is 3.00 bits per heavy atom. The number of piperidine rings is 1. The molecule has 2 saturated heterocycles. The van der Waals surface area contributed by atoms with E-state index >= 15 is 0 Å². The second-order valence-electron chi connectivity index (χ2n) is 5.52. The van der Waals surface area contributed by atoms with E-state index in [-0.39, 0.29) is 5.91 Å². The molecule has 2 aliphatic heterocycles. The molecule has 0 bridgehead atoms. The van der Waals surface area contributed by atoms with Crippen molar-refractivity contribution in [2.45, 2.75) is 42.7 Å². The fourth-order valence-corrected chi connectivity index (χ4v) is 3.54. The number of hydrogen-bond donors (Lipinski definition) is 2. The quantitative estimate of drug-likeness (QED) is 0.813. The first-order valence-corrected chi connectivity index (χ1v) is 7.53. The number of carbonyl (C=O) groups is 1. The number of benzene rings is 1. The number of thiol groups is 1. The van der Waals surface area contributed by atoms with E-state index in [2.05, 4.69) is 22.8 Å². The van der Waals surface area contributed by atoms with Crippen molar-refractivity contribution in [3.63, 3.8) is 0 Å². The summed E-state index contributed by atoms with van der Waals surface area (Å²) in [5, 5.41) is 3.21. The molecule has 2 aliphatic rings. The van der Waals surface area contributed by atoms with Gasteiger partial charge >= 0.3 is 0 Å². The van der Waals surface area contributed by atoms with Gasteiger partial charge in [0.25, 0.3) is 5.91 Å². The van der Waals surface area contributed by atoms with Gasteiger partial charge in [-0.15, -0.1) is 12.6 Å². The van der Waals surface area contributed by atoms with E-state index in [1.165, 1.54) is 25.8 Å². The summed E-state index contributed by atoms with van der Waals surface area (Å²) in [6.07, 6.45) is 4.90. The average Bonchev–Trinajstić information content (AvgIpc) is 2.82. The largest absolute Gasteiger partial charge is 0.348 e. The molecule has 19 heavy (non-hydrogen) atoms. The monoisotopic (exact) mass is 276 g/mol. The first kappa shape index (κ1) is 13.0. The third-order valence-corrected chi connectivity index (χ3v) is 4.56. The molecule has 2 heterocycles. The Balaban J connectivity index is 1.66. The smallest absolute Gasteiger partial charge is 0.251 e. The van der Waals surface area contributed by atoms with Gasteiger partial charge in [-0.2, -0.15) is 0 Å². The van der Waals surface area contributed by atoms with Crippen LogP contribution >= 0.6 is 12.6 Å². The van der Waals surface area contributed by atoms with Crippen LogP contribution in [0.15, 0.2) is 29.2 Å². The third-order valence-electron chi connectivity index (χ3n) is 4.28. The van der Waals surface area contributed by atoms with Crippen LogP contribution in [-0.2, 0) is 0 Å². The van der Waals surface area contributed by atoms with Gasteiger partial charge < -0.3 is 5.32 Å². The summed E-state index contributed by atoms with van der Waals surface area (Å²) in [7, 11) is 0. The van der Waals surface area contributed by atoms with Crippen LogP contribution in [0, 0.1) is 0 Å². The first-order valence-electron chi connectivity index (χ1n) is 7.08. The highest BCUT2D eigenvalue weighted by atomic mass is 32.1. The second-order valence-corrected chi connectivity index (χ2v) is 6.03. The Labute approximate surface area is 119 Å². The van der Waals surface area contributed by atoms with Crippen molar-refractivity contribution >= 4 is 18.5 Å². The Kier molecular flexibility index (Phi) is 3.80. The minimum atomic E-state index is 0.0355. The molecule has 2 atom stereocenters. The van der Waals surface area contributed by atoms with E-state index in [1.807, 2.05) is 24.3 Å². The predicted octanol–water partition coefficient (Wildman–Crippen LogP) is 2.33. The molecule has 3 nitrogen and oxygen atoms in total. The molecule has 4 heteroatoms. The summed E-state index contributed by atoms with van der Waals surface area (Å²) in [5.74, 6) is 0.0355. The number of rotatable bonds is 2. The summed E-state index contributed by atoms with van der Waals surface area (Å²) >= 11 is 4.28. The Bertz CT molecular complexity index is 477. The lowest BCUT2D eigenvalue weighted by atomic mass is 9.99. The summed E-state index contributed by atoms with van der Waals surface area (Å²) in [6, 6.07) is 8.31. The van der Waals surface area contributed by atoms with E-state index in [4.69, 9.17) is 0 Å². The van der Waals surface area contributed by atoms with Crippen LogP contribution in [0.2, 0.25) is 0 Å². The lowest BCUT2D eigenvalue weighted by molar-refractivity contribution is 0.0915. The van der Waals surface area contributed by atoms with Gasteiger partial charge in [0, 0.05) is 29.1 Å². The lowest BCUT2D eigenvalue weighted by Gasteiger charge is -2.32. The second kappa shape index (κ2) is 5.55. The number of carbonyl (C=O) groups excluding carboxylic acids is 1. The molecule has 1 amide bonds. The van der Waals surface area contributed by atoms with Crippen LogP contribution in [0.5, 0.6) is 0 Å². The Hall–Kier alpha value is -1.00. The maximum Gasteiger partial charge on any atom is 0.251 e. The highest BCUT2D eigenvalue weighted by molar-refractivity contribution is 7.80. The number of amides is 1. The molecule has 0 radical (unpaired) electrons. The first-order chi connectivity index (χ1) is 9.24. The molecule has 1 aromatic carbocycles. The van der Waals surface area contributed by atoms with E-state index in [1.54, 1.807) is 0 Å². The number of nitrogens with zero attached hydrogens (tertiary/aromatic N) is 1. The standard InChI is InChI=1S/C15H20N2OS/c18-15(11-4-3-5-12(19)10-11)16-13-7-9-17-8-2-1-6-14(13)17/h3-5,10,13-14,19H,1-2,6-9H2,(H,16,18). The molecule has 0 aromatic heterocycles. The minimum Gasteiger partial charge on any atom is -0.348 e. The summed E-state index contributed by atoms with van der Waals surface area (Å²) in [6.45, 7) is 2.32. The maximum absolute atomic E-state index is 12.3. The van der Waals surface area contributed by atoms with Gasteiger partial charge in [0.05, 0.1) is 0 Å². The number of nitrogens with one attached hydrogen (secondary N) is 1. The molecular weight excluding hydrogens is 256 g/mol. The van der Waals surface area contributed by atoms with Crippen LogP contribution in [-0.4, -0.2) is 36.0 Å². The highest BCUT2D eigenvalue weighted by Crippen LogP contribution is 2.27. The zero-order chi connectivity index (χ0) is 13.2. The van der Waals surface area contributed by atoms with E-state index in [0.29, 0.717) is 17.6 Å².